The minimum Gasteiger partial charge on any atom is -0.508 e. The zero-order valence-electron chi connectivity index (χ0n) is 41.6. The van der Waals surface area contributed by atoms with E-state index in [0.717, 1.165) is 0 Å². The van der Waals surface area contributed by atoms with Crippen molar-refractivity contribution in [3.05, 3.63) is 29.8 Å². The summed E-state index contributed by atoms with van der Waals surface area (Å²) in [5.41, 5.74) is 17.0. The number of carboxylic acids is 1. The lowest BCUT2D eigenvalue weighted by Crippen LogP contribution is -2.62. The first kappa shape index (κ1) is 62.6. The Bertz CT molecular complexity index is 2010. The molecule has 1 aromatic carbocycles. The first-order chi connectivity index (χ1) is 34.7. The van der Waals surface area contributed by atoms with E-state index in [2.05, 4.69) is 42.5 Å². The van der Waals surface area contributed by atoms with Crippen molar-refractivity contribution in [2.24, 2.45) is 23.1 Å². The molecule has 1 fully saturated rings. The maximum Gasteiger partial charge on any atom is 0.328 e. The number of nitrogens with zero attached hydrogens (tertiary/aromatic N) is 1. The summed E-state index contributed by atoms with van der Waals surface area (Å²) in [6, 6.07) is -7.28. The van der Waals surface area contributed by atoms with Crippen molar-refractivity contribution < 1.29 is 73.5 Å². The van der Waals surface area contributed by atoms with Gasteiger partial charge in [-0.3, -0.25) is 43.2 Å². The number of amides is 9. The molecule has 1 aromatic rings. The number of hydrogen-bond acceptors (Lipinski definition) is 17. The van der Waals surface area contributed by atoms with Gasteiger partial charge in [-0.15, -0.1) is 0 Å². The van der Waals surface area contributed by atoms with Crippen LogP contribution >= 0.6 is 0 Å². The van der Waals surface area contributed by atoms with E-state index in [1.54, 1.807) is 13.8 Å². The molecule has 27 nitrogen and oxygen atoms in total. The molecule has 1 aliphatic heterocycles. The van der Waals surface area contributed by atoms with Crippen molar-refractivity contribution in [3.63, 3.8) is 0 Å². The van der Waals surface area contributed by atoms with Crippen LogP contribution in [0.1, 0.15) is 84.1 Å². The molecule has 2 rings (SSSR count). The second-order valence-corrected chi connectivity index (χ2v) is 17.7. The summed E-state index contributed by atoms with van der Waals surface area (Å²) in [6.45, 7) is 2.11. The van der Waals surface area contributed by atoms with Gasteiger partial charge in [-0.1, -0.05) is 32.4 Å². The largest absolute Gasteiger partial charge is 0.508 e. The molecule has 1 aliphatic rings. The van der Waals surface area contributed by atoms with Gasteiger partial charge < -0.3 is 90.2 Å². The van der Waals surface area contributed by atoms with Crippen LogP contribution in [0.3, 0.4) is 0 Å². The summed E-state index contributed by atoms with van der Waals surface area (Å²) in [4.78, 5) is 134. The number of phenolic OH excluding ortho intramolecular Hbond substituents is 1. The molecular weight excluding hydrogens is 961 g/mol. The molecule has 410 valence electrons. The number of rotatable bonds is 33. The lowest BCUT2D eigenvalue weighted by atomic mass is 9.97. The Hall–Kier alpha value is -6.52. The third-order valence-electron chi connectivity index (χ3n) is 12.2. The zero-order valence-corrected chi connectivity index (χ0v) is 41.6. The topological polar surface area (TPSA) is 449 Å². The summed E-state index contributed by atoms with van der Waals surface area (Å²) in [6.07, 6.45) is 2.20. The first-order valence-corrected chi connectivity index (χ1v) is 24.4. The van der Waals surface area contributed by atoms with Gasteiger partial charge in [-0.05, 0) is 95.0 Å². The number of aliphatic hydroxyl groups is 3. The highest BCUT2D eigenvalue weighted by atomic mass is 16.4. The molecular formula is C46H76N12O15. The van der Waals surface area contributed by atoms with Crippen molar-refractivity contribution in [1.29, 1.82) is 0 Å². The van der Waals surface area contributed by atoms with Crippen molar-refractivity contribution >= 4 is 59.1 Å². The number of hydrogen-bond donors (Lipinski definition) is 16. The molecule has 10 atom stereocenters. The molecule has 1 heterocycles. The van der Waals surface area contributed by atoms with Crippen LogP contribution in [-0.2, 0) is 54.4 Å². The molecule has 0 aromatic heterocycles. The molecule has 27 heteroatoms. The van der Waals surface area contributed by atoms with Gasteiger partial charge in [0.1, 0.15) is 60.1 Å². The van der Waals surface area contributed by atoms with Gasteiger partial charge >= 0.3 is 5.97 Å². The normalized spacial score (nSPS) is 16.9. The molecule has 0 radical (unpaired) electrons. The van der Waals surface area contributed by atoms with Crippen molar-refractivity contribution in [2.45, 2.75) is 139 Å². The Balaban J connectivity index is 2.35. The number of phenols is 1. The van der Waals surface area contributed by atoms with E-state index >= 15 is 0 Å². The molecule has 19 N–H and O–H groups in total. The molecule has 1 saturated heterocycles. The predicted molar refractivity (Wildman–Crippen MR) is 261 cm³/mol. The lowest BCUT2D eigenvalue weighted by Gasteiger charge is -2.29. The van der Waals surface area contributed by atoms with Gasteiger partial charge in [-0.2, -0.15) is 0 Å². The molecule has 0 bridgehead atoms. The predicted octanol–water partition coefficient (Wildman–Crippen LogP) is -5.85. The monoisotopic (exact) mass is 1040 g/mol. The SMILES string of the molecule is CC[C@H](C)[C@H](NC(=O)[C@H](CO)NC(=O)[C@H](Cc1ccc(O)cc1)NC(=O)[C@H](CO)NC(=O)[C@@H]1CCCN1C(=O)[C@H](C)NC(=O)CN)C(=O)N[C@@H](CCCCN)C(=O)N[C@@H](CCCCN)C(=O)N[C@@H](CO)C(=O)O. The standard InChI is InChI=1S/C46H76N12O15/c1-4-25(2)37(44(70)52-30(11-6-8-18-48)38(64)51-29(10-5-7-17-47)39(65)56-34(24-61)46(72)73)57-42(68)33(23-60)54-40(66)31(20-27-13-15-28(62)16-14-27)53-41(67)32(22-59)55-43(69)35-12-9-19-58(35)45(71)26(3)50-36(63)21-49/h13-16,25-26,29-35,37,59-62H,4-12,17-24,47-49H2,1-3H3,(H,50,63)(H,51,64)(H,52,70)(H,53,67)(H,54,66)(H,55,69)(H,56,65)(H,57,68)(H,72,73)/t25-,26-,29-,30-,31-,32-,33-,34-,35-,37-/m0/s1. The Kier molecular flexibility index (Phi) is 27.9. The van der Waals surface area contributed by atoms with E-state index in [1.807, 2.05) is 0 Å². The van der Waals surface area contributed by atoms with Crippen LogP contribution in [0.15, 0.2) is 24.3 Å². The van der Waals surface area contributed by atoms with Gasteiger partial charge in [0.05, 0.1) is 26.4 Å². The first-order valence-electron chi connectivity index (χ1n) is 24.4. The van der Waals surface area contributed by atoms with Gasteiger partial charge in [-0.25, -0.2) is 4.79 Å². The molecule has 0 saturated carbocycles. The second kappa shape index (κ2) is 32.5. The van der Waals surface area contributed by atoms with Crippen molar-refractivity contribution in [3.8, 4) is 5.75 Å². The van der Waals surface area contributed by atoms with Gasteiger partial charge in [0.2, 0.25) is 53.2 Å². The zero-order chi connectivity index (χ0) is 54.8. The molecule has 0 unspecified atom stereocenters. The van der Waals surface area contributed by atoms with Crippen LogP contribution in [-0.4, -0.2) is 190 Å². The van der Waals surface area contributed by atoms with Gasteiger partial charge in [0.25, 0.3) is 0 Å². The fourth-order valence-corrected chi connectivity index (χ4v) is 7.66. The highest BCUT2D eigenvalue weighted by Gasteiger charge is 2.39. The third kappa shape index (κ3) is 20.5. The van der Waals surface area contributed by atoms with Crippen LogP contribution in [0.25, 0.3) is 0 Å². The van der Waals surface area contributed by atoms with Crippen LogP contribution in [0.5, 0.6) is 5.75 Å². The number of aliphatic hydroxyl groups excluding tert-OH is 3. The van der Waals surface area contributed by atoms with Crippen LogP contribution in [0, 0.1) is 5.92 Å². The van der Waals surface area contributed by atoms with Crippen LogP contribution in [0.2, 0.25) is 0 Å². The van der Waals surface area contributed by atoms with E-state index in [-0.39, 0.29) is 57.6 Å². The fraction of sp³-hybridized carbons (Fsp3) is 0.652. The Morgan fingerprint density at radius 3 is 1.59 bits per heavy atom. The Labute approximate surface area is 423 Å². The van der Waals surface area contributed by atoms with Gasteiger partial charge in [0.15, 0.2) is 0 Å². The summed E-state index contributed by atoms with van der Waals surface area (Å²) in [5.74, 6) is -10.0. The van der Waals surface area contributed by atoms with E-state index < -0.39 is 139 Å². The summed E-state index contributed by atoms with van der Waals surface area (Å²) in [7, 11) is 0. The molecule has 0 spiro atoms. The quantitative estimate of drug-likeness (QED) is 0.0292. The number of likely N-dealkylation sites (tertiary alicyclic amines) is 1. The smallest absolute Gasteiger partial charge is 0.328 e. The molecule has 0 aliphatic carbocycles. The molecule has 9 amide bonds. The maximum absolute atomic E-state index is 14.1. The highest BCUT2D eigenvalue weighted by molar-refractivity contribution is 5.98. The number of nitrogens with one attached hydrogen (secondary N) is 8. The molecule has 73 heavy (non-hydrogen) atoms. The minimum absolute atomic E-state index is 0.0141. The number of benzene rings is 1. The van der Waals surface area contributed by atoms with E-state index in [9.17, 15) is 73.5 Å². The number of carboxylic acid groups (broad SMARTS) is 1. The Morgan fingerprint density at radius 2 is 1.08 bits per heavy atom. The van der Waals surface area contributed by atoms with Crippen LogP contribution in [0.4, 0.5) is 0 Å². The summed E-state index contributed by atoms with van der Waals surface area (Å²) >= 11 is 0. The number of carbonyl (C=O) groups excluding carboxylic acids is 9. The summed E-state index contributed by atoms with van der Waals surface area (Å²) in [5, 5.41) is 68.9. The van der Waals surface area contributed by atoms with Crippen molar-refractivity contribution in [2.75, 3.05) is 46.0 Å². The van der Waals surface area contributed by atoms with Crippen LogP contribution < -0.4 is 59.7 Å². The number of nitrogens with two attached hydrogens (primary N) is 3. The van der Waals surface area contributed by atoms with E-state index in [1.165, 1.54) is 36.1 Å². The minimum atomic E-state index is -1.76. The van der Waals surface area contributed by atoms with Crippen molar-refractivity contribution in [1.82, 2.24) is 47.4 Å². The van der Waals surface area contributed by atoms with Gasteiger partial charge in [0, 0.05) is 13.0 Å². The number of unbranched alkanes of at least 4 members (excludes halogenated alkanes) is 2. The maximum atomic E-state index is 14.1. The summed E-state index contributed by atoms with van der Waals surface area (Å²) < 4.78 is 0. The second-order valence-electron chi connectivity index (χ2n) is 17.7. The number of aliphatic carboxylic acids is 1. The highest BCUT2D eigenvalue weighted by Crippen LogP contribution is 2.19. The fourth-order valence-electron chi connectivity index (χ4n) is 7.66. The lowest BCUT2D eigenvalue weighted by molar-refractivity contribution is -0.143. The number of aromatic hydroxyl groups is 1. The average molecular weight is 1040 g/mol. The van der Waals surface area contributed by atoms with E-state index in [0.29, 0.717) is 44.1 Å². The third-order valence-corrected chi connectivity index (χ3v) is 12.2. The Morgan fingerprint density at radius 1 is 0.616 bits per heavy atom. The van der Waals surface area contributed by atoms with E-state index in [4.69, 9.17) is 17.2 Å². The number of carbonyl (C=O) groups is 10. The average Bonchev–Trinajstić information content (AvgIpc) is 3.87.